The molecule has 4 rings (SSSR count). The van der Waals surface area contributed by atoms with Gasteiger partial charge < -0.3 is 5.32 Å². The van der Waals surface area contributed by atoms with Crippen LogP contribution in [0, 0.1) is 0 Å². The number of anilines is 1. The molecule has 0 atom stereocenters. The fourth-order valence-electron chi connectivity index (χ4n) is 2.99. The molecule has 1 aliphatic carbocycles. The predicted octanol–water partition coefficient (Wildman–Crippen LogP) is 4.67. The Bertz CT molecular complexity index is 829. The number of carbonyl (C=O) groups is 1. The molecule has 1 saturated carbocycles. The maximum atomic E-state index is 12.8. The first-order valence-corrected chi connectivity index (χ1v) is 7.64. The third-order valence-corrected chi connectivity index (χ3v) is 4.38. The minimum atomic E-state index is -0.425. The molecule has 3 aromatic rings. The van der Waals surface area contributed by atoms with Gasteiger partial charge in [0.15, 0.2) is 5.78 Å². The van der Waals surface area contributed by atoms with Gasteiger partial charge in [-0.1, -0.05) is 66.7 Å². The highest BCUT2D eigenvalue weighted by atomic mass is 16.1. The Morgan fingerprint density at radius 1 is 0.818 bits per heavy atom. The molecular formula is C20H17NO. The molecule has 2 heteroatoms. The van der Waals surface area contributed by atoms with Crippen molar-refractivity contribution in [2.45, 2.75) is 18.4 Å². The van der Waals surface area contributed by atoms with Crippen LogP contribution in [0.2, 0.25) is 0 Å². The van der Waals surface area contributed by atoms with Crippen molar-refractivity contribution < 1.29 is 4.79 Å². The molecule has 1 N–H and O–H groups in total. The second kappa shape index (κ2) is 4.99. The van der Waals surface area contributed by atoms with Gasteiger partial charge in [0.05, 0.1) is 0 Å². The van der Waals surface area contributed by atoms with Gasteiger partial charge in [-0.25, -0.2) is 0 Å². The van der Waals surface area contributed by atoms with Crippen molar-refractivity contribution in [1.82, 2.24) is 0 Å². The van der Waals surface area contributed by atoms with Gasteiger partial charge in [0.25, 0.3) is 0 Å². The summed E-state index contributed by atoms with van der Waals surface area (Å²) in [5.41, 5.74) is 1.40. The summed E-state index contributed by atoms with van der Waals surface area (Å²) in [6.07, 6.45) is 1.79. The molecule has 0 aromatic heterocycles. The molecule has 0 spiro atoms. The highest BCUT2D eigenvalue weighted by molar-refractivity contribution is 6.08. The predicted molar refractivity (Wildman–Crippen MR) is 90.3 cm³/mol. The summed E-state index contributed by atoms with van der Waals surface area (Å²) in [6, 6.07) is 24.0. The lowest BCUT2D eigenvalue weighted by Gasteiger charge is -2.19. The number of carbonyl (C=O) groups excluding carboxylic acids is 1. The van der Waals surface area contributed by atoms with E-state index in [1.54, 1.807) is 0 Å². The van der Waals surface area contributed by atoms with Gasteiger partial charge in [0, 0.05) is 16.6 Å². The number of fused-ring (bicyclic) bond motifs is 1. The zero-order chi connectivity index (χ0) is 15.0. The molecule has 0 amide bonds. The average Bonchev–Trinajstić information content (AvgIpc) is 3.36. The van der Waals surface area contributed by atoms with E-state index >= 15 is 0 Å². The number of hydrogen-bond donors (Lipinski definition) is 1. The fourth-order valence-corrected chi connectivity index (χ4v) is 2.99. The maximum absolute atomic E-state index is 12.8. The zero-order valence-electron chi connectivity index (χ0n) is 12.3. The van der Waals surface area contributed by atoms with E-state index in [9.17, 15) is 4.79 Å². The highest BCUT2D eigenvalue weighted by Gasteiger charge is 2.50. The van der Waals surface area contributed by atoms with Crippen molar-refractivity contribution >= 4 is 22.2 Å². The zero-order valence-corrected chi connectivity index (χ0v) is 12.3. The summed E-state index contributed by atoms with van der Waals surface area (Å²) in [6.45, 7) is 0. The lowest BCUT2D eigenvalue weighted by Crippen LogP contribution is -2.31. The normalized spacial score (nSPS) is 15.5. The standard InChI is InChI=1S/C20H17NO/c22-19(16-8-2-1-3-9-16)20(13-14-20)21-18-12-6-10-15-7-4-5-11-17(15)18/h1-12,21H,13-14H2. The minimum absolute atomic E-state index is 0.195. The van der Waals surface area contributed by atoms with Crippen LogP contribution >= 0.6 is 0 Å². The van der Waals surface area contributed by atoms with Crippen molar-refractivity contribution in [3.63, 3.8) is 0 Å². The van der Waals surface area contributed by atoms with E-state index in [4.69, 9.17) is 0 Å². The van der Waals surface area contributed by atoms with Gasteiger partial charge in [0.1, 0.15) is 5.54 Å². The number of nitrogens with one attached hydrogen (secondary N) is 1. The van der Waals surface area contributed by atoms with Crippen molar-refractivity contribution in [2.75, 3.05) is 5.32 Å². The first-order valence-electron chi connectivity index (χ1n) is 7.64. The Morgan fingerprint density at radius 3 is 2.27 bits per heavy atom. The van der Waals surface area contributed by atoms with E-state index < -0.39 is 5.54 Å². The molecule has 0 unspecified atom stereocenters. The van der Waals surface area contributed by atoms with E-state index in [0.717, 1.165) is 29.5 Å². The van der Waals surface area contributed by atoms with Crippen molar-refractivity contribution in [1.29, 1.82) is 0 Å². The molecule has 22 heavy (non-hydrogen) atoms. The summed E-state index contributed by atoms with van der Waals surface area (Å²) in [5, 5.41) is 5.88. The van der Waals surface area contributed by atoms with E-state index in [1.165, 1.54) is 5.39 Å². The second-order valence-electron chi connectivity index (χ2n) is 5.93. The molecule has 1 aliphatic rings. The molecule has 108 valence electrons. The van der Waals surface area contributed by atoms with Crippen molar-refractivity contribution in [3.8, 4) is 0 Å². The summed E-state index contributed by atoms with van der Waals surface area (Å²) in [5.74, 6) is 0.195. The highest BCUT2D eigenvalue weighted by Crippen LogP contribution is 2.43. The Labute approximate surface area is 129 Å². The Morgan fingerprint density at radius 2 is 1.50 bits per heavy atom. The summed E-state index contributed by atoms with van der Waals surface area (Å²) < 4.78 is 0. The fraction of sp³-hybridized carbons (Fsp3) is 0.150. The number of rotatable bonds is 4. The van der Waals surface area contributed by atoms with Crippen LogP contribution < -0.4 is 5.32 Å². The smallest absolute Gasteiger partial charge is 0.188 e. The third-order valence-electron chi connectivity index (χ3n) is 4.38. The van der Waals surface area contributed by atoms with Crippen LogP contribution in [0.5, 0.6) is 0 Å². The van der Waals surface area contributed by atoms with Crippen LogP contribution in [0.25, 0.3) is 10.8 Å². The molecule has 0 saturated heterocycles. The first kappa shape index (κ1) is 13.1. The van der Waals surface area contributed by atoms with Crippen molar-refractivity contribution in [2.24, 2.45) is 0 Å². The lowest BCUT2D eigenvalue weighted by molar-refractivity contribution is 0.0958. The number of benzene rings is 3. The summed E-state index contributed by atoms with van der Waals surface area (Å²) in [4.78, 5) is 12.8. The van der Waals surface area contributed by atoms with Gasteiger partial charge in [-0.05, 0) is 24.3 Å². The van der Waals surface area contributed by atoms with Gasteiger partial charge in [0.2, 0.25) is 0 Å². The lowest BCUT2D eigenvalue weighted by atomic mass is 10.0. The molecular weight excluding hydrogens is 270 g/mol. The first-order chi connectivity index (χ1) is 10.8. The van der Waals surface area contributed by atoms with Gasteiger partial charge in [-0.15, -0.1) is 0 Å². The molecule has 0 radical (unpaired) electrons. The average molecular weight is 287 g/mol. The van der Waals surface area contributed by atoms with Crippen LogP contribution in [0.1, 0.15) is 23.2 Å². The number of Topliss-reactive ketones (excluding diaryl/α,β-unsaturated/α-hetero) is 1. The van der Waals surface area contributed by atoms with Crippen LogP contribution in [-0.2, 0) is 0 Å². The van der Waals surface area contributed by atoms with Crippen LogP contribution in [0.4, 0.5) is 5.69 Å². The second-order valence-corrected chi connectivity index (χ2v) is 5.93. The molecule has 0 bridgehead atoms. The Kier molecular flexibility index (Phi) is 2.97. The summed E-state index contributed by atoms with van der Waals surface area (Å²) >= 11 is 0. The van der Waals surface area contributed by atoms with Gasteiger partial charge >= 0.3 is 0 Å². The SMILES string of the molecule is O=C(c1ccccc1)C1(Nc2cccc3ccccc23)CC1. The molecule has 0 heterocycles. The molecule has 3 aromatic carbocycles. The summed E-state index contributed by atoms with van der Waals surface area (Å²) in [7, 11) is 0. The Balaban J connectivity index is 1.69. The van der Waals surface area contributed by atoms with Crippen molar-refractivity contribution in [3.05, 3.63) is 78.4 Å². The molecule has 2 nitrogen and oxygen atoms in total. The topological polar surface area (TPSA) is 29.1 Å². The van der Waals surface area contributed by atoms with E-state index in [-0.39, 0.29) is 5.78 Å². The van der Waals surface area contributed by atoms with E-state index in [0.29, 0.717) is 0 Å². The monoisotopic (exact) mass is 287 g/mol. The molecule has 0 aliphatic heterocycles. The van der Waals surface area contributed by atoms with E-state index in [2.05, 4.69) is 29.6 Å². The van der Waals surface area contributed by atoms with Gasteiger partial charge in [-0.3, -0.25) is 4.79 Å². The van der Waals surface area contributed by atoms with Gasteiger partial charge in [-0.2, -0.15) is 0 Å². The number of ketones is 1. The largest absolute Gasteiger partial charge is 0.372 e. The number of hydrogen-bond acceptors (Lipinski definition) is 2. The minimum Gasteiger partial charge on any atom is -0.372 e. The Hall–Kier alpha value is -2.61. The van der Waals surface area contributed by atoms with Crippen LogP contribution in [0.3, 0.4) is 0 Å². The maximum Gasteiger partial charge on any atom is 0.188 e. The van der Waals surface area contributed by atoms with Crippen LogP contribution in [-0.4, -0.2) is 11.3 Å². The molecule has 1 fully saturated rings. The van der Waals surface area contributed by atoms with E-state index in [1.807, 2.05) is 48.5 Å². The van der Waals surface area contributed by atoms with Crippen LogP contribution in [0.15, 0.2) is 72.8 Å². The quantitative estimate of drug-likeness (QED) is 0.707. The third kappa shape index (κ3) is 2.17.